The fourth-order valence-electron chi connectivity index (χ4n) is 3.19. The first-order chi connectivity index (χ1) is 11.1. The molecule has 1 heterocycles. The van der Waals surface area contributed by atoms with Gasteiger partial charge in [0.1, 0.15) is 0 Å². The second kappa shape index (κ2) is 4.95. The number of nitrogens with zero attached hydrogens (tertiary/aromatic N) is 1. The predicted molar refractivity (Wildman–Crippen MR) is 94.1 cm³/mol. The summed E-state index contributed by atoms with van der Waals surface area (Å²) in [4.78, 5) is 13.6. The molecule has 112 valence electrons. The Morgan fingerprint density at radius 3 is 2.52 bits per heavy atom. The summed E-state index contributed by atoms with van der Waals surface area (Å²) >= 11 is 0. The molecule has 0 fully saturated rings. The van der Waals surface area contributed by atoms with Crippen LogP contribution in [0.5, 0.6) is 0 Å². The number of aromatic amines is 1. The first kappa shape index (κ1) is 13.5. The summed E-state index contributed by atoms with van der Waals surface area (Å²) < 4.78 is 0. The summed E-state index contributed by atoms with van der Waals surface area (Å²) in [6.07, 6.45) is 2.52. The number of aromatic nitrogens is 1. The fraction of sp³-hybridized carbons (Fsp3) is 0.0526. The maximum atomic E-state index is 10.5. The van der Waals surface area contributed by atoms with E-state index in [1.807, 2.05) is 31.2 Å². The van der Waals surface area contributed by atoms with Crippen molar-refractivity contribution in [1.29, 1.82) is 0 Å². The number of nitro groups is 1. The van der Waals surface area contributed by atoms with Gasteiger partial charge in [-0.3, -0.25) is 10.1 Å². The van der Waals surface area contributed by atoms with Crippen LogP contribution in [0.2, 0.25) is 0 Å². The van der Waals surface area contributed by atoms with Gasteiger partial charge in [0.05, 0.1) is 16.0 Å². The smallest absolute Gasteiger partial charge is 0.235 e. The first-order valence-corrected chi connectivity index (χ1v) is 7.39. The third-order valence-electron chi connectivity index (χ3n) is 4.35. The highest BCUT2D eigenvalue weighted by Gasteiger charge is 2.10. The molecule has 23 heavy (non-hydrogen) atoms. The number of hydrogen-bond acceptors (Lipinski definition) is 2. The van der Waals surface area contributed by atoms with Crippen molar-refractivity contribution in [2.75, 3.05) is 0 Å². The summed E-state index contributed by atoms with van der Waals surface area (Å²) in [5.74, 6) is 0. The van der Waals surface area contributed by atoms with E-state index in [9.17, 15) is 10.1 Å². The number of H-pyrrole nitrogens is 1. The van der Waals surface area contributed by atoms with Gasteiger partial charge in [0.25, 0.3) is 0 Å². The number of benzene rings is 3. The SMILES string of the molecule is Cc1c(C=C[N+](=O)[O-])ccc2c1[nH]c1c3ccccc3ccc21. The molecule has 0 aliphatic rings. The standard InChI is InChI=1S/C19H14N2O2/c1-12-13(10-11-21(22)23)6-8-16-17-9-7-14-4-2-3-5-15(14)19(17)20-18(12)16/h2-11,20H,1H3. The summed E-state index contributed by atoms with van der Waals surface area (Å²) in [6.45, 7) is 1.99. The van der Waals surface area contributed by atoms with Gasteiger partial charge in [0.15, 0.2) is 0 Å². The molecular formula is C19H14N2O2. The molecule has 0 spiro atoms. The van der Waals surface area contributed by atoms with E-state index < -0.39 is 4.92 Å². The Bertz CT molecular complexity index is 1110. The molecule has 0 saturated carbocycles. The highest BCUT2D eigenvalue weighted by Crippen LogP contribution is 2.33. The van der Waals surface area contributed by atoms with Crippen molar-refractivity contribution in [3.05, 3.63) is 76.0 Å². The van der Waals surface area contributed by atoms with Crippen molar-refractivity contribution in [2.24, 2.45) is 0 Å². The van der Waals surface area contributed by atoms with Crippen molar-refractivity contribution in [3.63, 3.8) is 0 Å². The summed E-state index contributed by atoms with van der Waals surface area (Å²) in [6, 6.07) is 16.5. The van der Waals surface area contributed by atoms with E-state index in [2.05, 4.69) is 29.2 Å². The van der Waals surface area contributed by atoms with Crippen LogP contribution in [0.3, 0.4) is 0 Å². The van der Waals surface area contributed by atoms with Gasteiger partial charge >= 0.3 is 0 Å². The van der Waals surface area contributed by atoms with Crippen LogP contribution in [0, 0.1) is 17.0 Å². The van der Waals surface area contributed by atoms with E-state index in [1.165, 1.54) is 16.2 Å². The van der Waals surface area contributed by atoms with Crippen molar-refractivity contribution in [1.82, 2.24) is 4.98 Å². The van der Waals surface area contributed by atoms with Crippen LogP contribution in [0.25, 0.3) is 38.7 Å². The Labute approximate surface area is 132 Å². The minimum Gasteiger partial charge on any atom is -0.354 e. The summed E-state index contributed by atoms with van der Waals surface area (Å²) in [5, 5.41) is 15.2. The third-order valence-corrected chi connectivity index (χ3v) is 4.35. The van der Waals surface area contributed by atoms with Crippen LogP contribution >= 0.6 is 0 Å². The Morgan fingerprint density at radius 2 is 1.70 bits per heavy atom. The van der Waals surface area contributed by atoms with Crippen LogP contribution in [0.4, 0.5) is 0 Å². The predicted octanol–water partition coefficient (Wildman–Crippen LogP) is 5.03. The van der Waals surface area contributed by atoms with E-state index in [4.69, 9.17) is 0 Å². The molecule has 4 heteroatoms. The molecule has 4 aromatic rings. The second-order valence-corrected chi connectivity index (χ2v) is 5.64. The molecule has 0 aliphatic heterocycles. The minimum atomic E-state index is -0.442. The highest BCUT2D eigenvalue weighted by atomic mass is 16.6. The van der Waals surface area contributed by atoms with Gasteiger partial charge in [-0.05, 0) is 23.4 Å². The van der Waals surface area contributed by atoms with E-state index in [0.717, 1.165) is 33.7 Å². The third kappa shape index (κ3) is 2.07. The van der Waals surface area contributed by atoms with E-state index >= 15 is 0 Å². The Balaban J connectivity index is 2.06. The van der Waals surface area contributed by atoms with Crippen LogP contribution in [0.15, 0.2) is 54.7 Å². The van der Waals surface area contributed by atoms with Crippen molar-refractivity contribution in [2.45, 2.75) is 6.92 Å². The maximum Gasteiger partial charge on any atom is 0.235 e. The van der Waals surface area contributed by atoms with E-state index in [1.54, 1.807) is 6.08 Å². The Kier molecular flexibility index (Phi) is 2.91. The van der Waals surface area contributed by atoms with Crippen LogP contribution in [-0.2, 0) is 0 Å². The molecule has 0 bridgehead atoms. The van der Waals surface area contributed by atoms with Gasteiger partial charge in [-0.1, -0.05) is 48.5 Å². The lowest BCUT2D eigenvalue weighted by Gasteiger charge is -2.01. The number of nitrogens with one attached hydrogen (secondary N) is 1. The lowest BCUT2D eigenvalue weighted by atomic mass is 10.0. The zero-order valence-electron chi connectivity index (χ0n) is 12.5. The maximum absolute atomic E-state index is 10.5. The molecule has 1 aromatic heterocycles. The molecule has 1 N–H and O–H groups in total. The number of aryl methyl sites for hydroxylation is 1. The highest BCUT2D eigenvalue weighted by molar-refractivity contribution is 6.17. The molecule has 0 radical (unpaired) electrons. The monoisotopic (exact) mass is 302 g/mol. The van der Waals surface area contributed by atoms with Gasteiger partial charge in [0, 0.05) is 22.2 Å². The molecule has 4 nitrogen and oxygen atoms in total. The lowest BCUT2D eigenvalue weighted by molar-refractivity contribution is -0.400. The van der Waals surface area contributed by atoms with Crippen LogP contribution in [0.1, 0.15) is 11.1 Å². The number of rotatable bonds is 2. The lowest BCUT2D eigenvalue weighted by Crippen LogP contribution is -1.86. The molecule has 0 atom stereocenters. The molecule has 0 unspecified atom stereocenters. The number of fused-ring (bicyclic) bond motifs is 5. The molecular weight excluding hydrogens is 288 g/mol. The van der Waals surface area contributed by atoms with Gasteiger partial charge < -0.3 is 4.98 Å². The largest absolute Gasteiger partial charge is 0.354 e. The van der Waals surface area contributed by atoms with Gasteiger partial charge in [-0.15, -0.1) is 0 Å². The fourth-order valence-corrected chi connectivity index (χ4v) is 3.19. The van der Waals surface area contributed by atoms with E-state index in [-0.39, 0.29) is 0 Å². The summed E-state index contributed by atoms with van der Waals surface area (Å²) in [5.41, 5.74) is 4.00. The topological polar surface area (TPSA) is 58.9 Å². The zero-order chi connectivity index (χ0) is 16.0. The van der Waals surface area contributed by atoms with Crippen molar-refractivity contribution < 1.29 is 4.92 Å². The van der Waals surface area contributed by atoms with E-state index in [0.29, 0.717) is 0 Å². The molecule has 0 amide bonds. The normalized spacial score (nSPS) is 11.9. The van der Waals surface area contributed by atoms with Crippen LogP contribution < -0.4 is 0 Å². The second-order valence-electron chi connectivity index (χ2n) is 5.64. The average molecular weight is 302 g/mol. The average Bonchev–Trinajstić information content (AvgIpc) is 2.94. The quantitative estimate of drug-likeness (QED) is 0.417. The summed E-state index contributed by atoms with van der Waals surface area (Å²) in [7, 11) is 0. The minimum absolute atomic E-state index is 0.442. The van der Waals surface area contributed by atoms with Crippen molar-refractivity contribution >= 4 is 38.7 Å². The first-order valence-electron chi connectivity index (χ1n) is 7.39. The van der Waals surface area contributed by atoms with Gasteiger partial charge in [-0.25, -0.2) is 0 Å². The molecule has 0 aliphatic carbocycles. The van der Waals surface area contributed by atoms with Crippen LogP contribution in [-0.4, -0.2) is 9.91 Å². The van der Waals surface area contributed by atoms with Crippen molar-refractivity contribution in [3.8, 4) is 0 Å². The molecule has 3 aromatic carbocycles. The molecule has 0 saturated heterocycles. The van der Waals surface area contributed by atoms with Gasteiger partial charge in [0.2, 0.25) is 6.20 Å². The number of hydrogen-bond donors (Lipinski definition) is 1. The molecule has 4 rings (SSSR count). The van der Waals surface area contributed by atoms with Gasteiger partial charge in [-0.2, -0.15) is 0 Å². The Morgan fingerprint density at radius 1 is 0.957 bits per heavy atom. The zero-order valence-corrected chi connectivity index (χ0v) is 12.5. The Hall–Kier alpha value is -3.14.